The molecule has 0 saturated carbocycles. The minimum atomic E-state index is -2.63. The summed E-state index contributed by atoms with van der Waals surface area (Å²) in [7, 11) is 0. The van der Waals surface area contributed by atoms with Gasteiger partial charge in [-0.1, -0.05) is 24.3 Å². The largest absolute Gasteiger partial charge is 0.348 e. The number of carbonyl (C=O) groups excluding carboxylic acids is 1. The fourth-order valence-electron chi connectivity index (χ4n) is 2.28. The first kappa shape index (κ1) is 18.0. The highest BCUT2D eigenvalue weighted by Crippen LogP contribution is 2.26. The zero-order valence-corrected chi connectivity index (χ0v) is 14.4. The Kier molecular flexibility index (Phi) is 5.90. The van der Waals surface area contributed by atoms with Crippen LogP contribution in [-0.2, 0) is 13.1 Å². The maximum atomic E-state index is 12.6. The van der Waals surface area contributed by atoms with Gasteiger partial charge in [-0.15, -0.1) is 0 Å². The SMILES string of the molecule is O=C(NCc1ccc(Cn2cncn2)cc1)c1cccnc1SC(F)F. The molecular formula is C17H15F2N5OS. The Morgan fingerprint density at radius 1 is 1.19 bits per heavy atom. The molecule has 26 heavy (non-hydrogen) atoms. The van der Waals surface area contributed by atoms with Crippen LogP contribution < -0.4 is 5.32 Å². The lowest BCUT2D eigenvalue weighted by molar-refractivity contribution is 0.0947. The Hall–Kier alpha value is -2.81. The van der Waals surface area contributed by atoms with E-state index in [2.05, 4.69) is 20.4 Å². The molecule has 134 valence electrons. The van der Waals surface area contributed by atoms with E-state index in [1.54, 1.807) is 17.1 Å². The zero-order valence-electron chi connectivity index (χ0n) is 13.5. The minimum absolute atomic E-state index is 0.0168. The molecular weight excluding hydrogens is 360 g/mol. The van der Waals surface area contributed by atoms with Gasteiger partial charge in [-0.3, -0.25) is 4.79 Å². The number of hydrogen-bond acceptors (Lipinski definition) is 5. The Morgan fingerprint density at radius 3 is 2.65 bits per heavy atom. The Labute approximate surface area is 152 Å². The number of halogens is 2. The lowest BCUT2D eigenvalue weighted by Gasteiger charge is -2.09. The zero-order chi connectivity index (χ0) is 18.4. The first-order valence-corrected chi connectivity index (χ1v) is 8.58. The van der Waals surface area contributed by atoms with Crippen molar-refractivity contribution in [2.24, 2.45) is 0 Å². The number of pyridine rings is 1. The smallest absolute Gasteiger partial charge is 0.290 e. The summed E-state index contributed by atoms with van der Waals surface area (Å²) in [5.41, 5.74) is 2.08. The topological polar surface area (TPSA) is 72.7 Å². The molecule has 1 amide bonds. The van der Waals surface area contributed by atoms with Crippen LogP contribution in [-0.4, -0.2) is 31.4 Å². The average molecular weight is 375 g/mol. The lowest BCUT2D eigenvalue weighted by atomic mass is 10.1. The van der Waals surface area contributed by atoms with Crippen LogP contribution in [0.1, 0.15) is 21.5 Å². The van der Waals surface area contributed by atoms with Crippen molar-refractivity contribution in [3.05, 3.63) is 71.9 Å². The highest BCUT2D eigenvalue weighted by Gasteiger charge is 2.16. The molecule has 2 heterocycles. The number of aromatic nitrogens is 4. The fraction of sp³-hybridized carbons (Fsp3) is 0.176. The summed E-state index contributed by atoms with van der Waals surface area (Å²) in [6, 6.07) is 10.7. The fourth-order valence-corrected chi connectivity index (χ4v) is 2.86. The summed E-state index contributed by atoms with van der Waals surface area (Å²) in [4.78, 5) is 20.0. The first-order chi connectivity index (χ1) is 12.6. The first-order valence-electron chi connectivity index (χ1n) is 7.70. The monoisotopic (exact) mass is 375 g/mol. The molecule has 0 unspecified atom stereocenters. The number of amides is 1. The van der Waals surface area contributed by atoms with Crippen molar-refractivity contribution in [2.75, 3.05) is 0 Å². The van der Waals surface area contributed by atoms with Crippen LogP contribution >= 0.6 is 11.8 Å². The van der Waals surface area contributed by atoms with Crippen LogP contribution in [0.25, 0.3) is 0 Å². The molecule has 0 radical (unpaired) electrons. The number of rotatable bonds is 7. The predicted molar refractivity (Wildman–Crippen MR) is 92.8 cm³/mol. The highest BCUT2D eigenvalue weighted by molar-refractivity contribution is 7.99. The Balaban J connectivity index is 1.59. The van der Waals surface area contributed by atoms with Crippen molar-refractivity contribution in [3.8, 4) is 0 Å². The molecule has 9 heteroatoms. The van der Waals surface area contributed by atoms with Crippen molar-refractivity contribution < 1.29 is 13.6 Å². The molecule has 0 aliphatic heterocycles. The van der Waals surface area contributed by atoms with Gasteiger partial charge in [-0.05, 0) is 35.0 Å². The molecule has 0 spiro atoms. The van der Waals surface area contributed by atoms with Gasteiger partial charge in [-0.25, -0.2) is 14.6 Å². The Morgan fingerprint density at radius 2 is 1.96 bits per heavy atom. The maximum Gasteiger partial charge on any atom is 0.290 e. The van der Waals surface area contributed by atoms with Crippen molar-refractivity contribution in [2.45, 2.75) is 23.9 Å². The second kappa shape index (κ2) is 8.52. The van der Waals surface area contributed by atoms with Crippen molar-refractivity contribution in [1.82, 2.24) is 25.1 Å². The number of carbonyl (C=O) groups is 1. The van der Waals surface area contributed by atoms with Gasteiger partial charge in [0.1, 0.15) is 17.7 Å². The van der Waals surface area contributed by atoms with Crippen LogP contribution in [0.2, 0.25) is 0 Å². The summed E-state index contributed by atoms with van der Waals surface area (Å²) in [5, 5.41) is 6.79. The van der Waals surface area contributed by atoms with Crippen molar-refractivity contribution >= 4 is 17.7 Å². The molecule has 3 rings (SSSR count). The molecule has 0 saturated heterocycles. The molecule has 0 aliphatic carbocycles. The molecule has 0 bridgehead atoms. The number of nitrogens with one attached hydrogen (secondary N) is 1. The van der Waals surface area contributed by atoms with Crippen LogP contribution in [0.4, 0.5) is 8.78 Å². The van der Waals surface area contributed by atoms with E-state index < -0.39 is 11.7 Å². The third-order valence-corrected chi connectivity index (χ3v) is 4.23. The second-order valence-electron chi connectivity index (χ2n) is 5.33. The van der Waals surface area contributed by atoms with Gasteiger partial charge < -0.3 is 5.32 Å². The van der Waals surface area contributed by atoms with Crippen molar-refractivity contribution in [1.29, 1.82) is 0 Å². The molecule has 1 aromatic carbocycles. The molecule has 2 aromatic heterocycles. The van der Waals surface area contributed by atoms with E-state index in [1.807, 2.05) is 24.3 Å². The van der Waals surface area contributed by atoms with E-state index in [1.165, 1.54) is 18.6 Å². The average Bonchev–Trinajstić information content (AvgIpc) is 3.14. The summed E-state index contributed by atoms with van der Waals surface area (Å²) in [6.07, 6.45) is 4.50. The normalized spacial score (nSPS) is 10.9. The molecule has 3 aromatic rings. The number of thioether (sulfide) groups is 1. The van der Waals surface area contributed by atoms with E-state index in [0.29, 0.717) is 6.54 Å². The van der Waals surface area contributed by atoms with Crippen molar-refractivity contribution in [3.63, 3.8) is 0 Å². The maximum absolute atomic E-state index is 12.6. The van der Waals surface area contributed by atoms with E-state index in [4.69, 9.17) is 0 Å². The van der Waals surface area contributed by atoms with Gasteiger partial charge in [0.05, 0.1) is 12.1 Å². The highest BCUT2D eigenvalue weighted by atomic mass is 32.2. The standard InChI is InChI=1S/C17H15F2N5OS/c18-17(19)26-16-14(2-1-7-21-16)15(25)22-8-12-3-5-13(6-4-12)9-24-11-20-10-23-24/h1-7,10-11,17H,8-9H2,(H,22,25). The van der Waals surface area contributed by atoms with E-state index >= 15 is 0 Å². The molecule has 0 aliphatic rings. The van der Waals surface area contributed by atoms with Gasteiger partial charge in [0.2, 0.25) is 0 Å². The second-order valence-corrected chi connectivity index (χ2v) is 6.31. The summed E-state index contributed by atoms with van der Waals surface area (Å²) >= 11 is 0.260. The number of nitrogens with zero attached hydrogens (tertiary/aromatic N) is 4. The molecule has 0 atom stereocenters. The van der Waals surface area contributed by atoms with Gasteiger partial charge in [-0.2, -0.15) is 13.9 Å². The Bertz CT molecular complexity index is 856. The van der Waals surface area contributed by atoms with E-state index in [-0.39, 0.29) is 28.9 Å². The molecule has 0 fully saturated rings. The lowest BCUT2D eigenvalue weighted by Crippen LogP contribution is -2.23. The third kappa shape index (κ3) is 4.85. The van der Waals surface area contributed by atoms with Gasteiger partial charge in [0, 0.05) is 12.7 Å². The number of alkyl halides is 2. The van der Waals surface area contributed by atoms with Crippen LogP contribution in [0.5, 0.6) is 0 Å². The van der Waals surface area contributed by atoms with Gasteiger partial charge in [0.15, 0.2) is 0 Å². The summed E-state index contributed by atoms with van der Waals surface area (Å²) < 4.78 is 26.8. The predicted octanol–water partition coefficient (Wildman–Crippen LogP) is 2.97. The quantitative estimate of drug-likeness (QED) is 0.643. The van der Waals surface area contributed by atoms with Crippen LogP contribution in [0, 0.1) is 0 Å². The van der Waals surface area contributed by atoms with E-state index in [9.17, 15) is 13.6 Å². The molecule has 1 N–H and O–H groups in total. The number of hydrogen-bond donors (Lipinski definition) is 1. The van der Waals surface area contributed by atoms with E-state index in [0.717, 1.165) is 11.1 Å². The summed E-state index contributed by atoms with van der Waals surface area (Å²) in [5.74, 6) is -3.07. The number of benzene rings is 1. The van der Waals surface area contributed by atoms with Crippen LogP contribution in [0.3, 0.4) is 0 Å². The summed E-state index contributed by atoms with van der Waals surface area (Å²) in [6.45, 7) is 0.895. The third-order valence-electron chi connectivity index (χ3n) is 3.50. The molecule has 6 nitrogen and oxygen atoms in total. The minimum Gasteiger partial charge on any atom is -0.348 e. The van der Waals surface area contributed by atoms with Gasteiger partial charge >= 0.3 is 0 Å². The van der Waals surface area contributed by atoms with Crippen LogP contribution in [0.15, 0.2) is 60.3 Å². The van der Waals surface area contributed by atoms with Gasteiger partial charge in [0.25, 0.3) is 11.7 Å².